The SMILES string of the molecule is COC(=O)C1=CN(C)C2Cc3c[nH]c4cccc(c34)C1C2. The molecule has 2 bridgehead atoms. The zero-order valence-corrected chi connectivity index (χ0v) is 12.2. The van der Waals surface area contributed by atoms with Crippen LogP contribution in [0.25, 0.3) is 10.9 Å². The number of methoxy groups -OCH3 is 1. The Morgan fingerprint density at radius 2 is 2.29 bits per heavy atom. The second kappa shape index (κ2) is 4.38. The van der Waals surface area contributed by atoms with Crippen molar-refractivity contribution in [3.63, 3.8) is 0 Å². The van der Waals surface area contributed by atoms with Crippen molar-refractivity contribution < 1.29 is 9.53 Å². The van der Waals surface area contributed by atoms with Gasteiger partial charge in [-0.3, -0.25) is 0 Å². The molecule has 2 heterocycles. The van der Waals surface area contributed by atoms with E-state index in [4.69, 9.17) is 4.74 Å². The number of nitrogens with zero attached hydrogens (tertiary/aromatic N) is 1. The van der Waals surface area contributed by atoms with Crippen LogP contribution in [0.1, 0.15) is 23.5 Å². The Labute approximate surface area is 123 Å². The van der Waals surface area contributed by atoms with Crippen LogP contribution in [0.2, 0.25) is 0 Å². The van der Waals surface area contributed by atoms with Crippen LogP contribution in [-0.4, -0.2) is 36.1 Å². The highest BCUT2D eigenvalue weighted by molar-refractivity contribution is 5.94. The zero-order valence-electron chi connectivity index (χ0n) is 12.2. The van der Waals surface area contributed by atoms with E-state index in [0.29, 0.717) is 6.04 Å². The number of aromatic nitrogens is 1. The monoisotopic (exact) mass is 282 g/mol. The molecule has 2 aliphatic rings. The number of H-pyrrole nitrogens is 1. The fourth-order valence-corrected chi connectivity index (χ4v) is 3.81. The van der Waals surface area contributed by atoms with Crippen molar-refractivity contribution in [2.45, 2.75) is 24.8 Å². The Bertz CT molecular complexity index is 759. The number of fused-ring (bicyclic) bond motifs is 3. The lowest BCUT2D eigenvalue weighted by Crippen LogP contribution is -2.36. The number of nitrogens with one attached hydrogen (secondary N) is 1. The maximum absolute atomic E-state index is 12.2. The third-order valence-electron chi connectivity index (χ3n) is 4.87. The summed E-state index contributed by atoms with van der Waals surface area (Å²) in [4.78, 5) is 17.7. The van der Waals surface area contributed by atoms with Crippen LogP contribution in [-0.2, 0) is 16.0 Å². The Hall–Kier alpha value is -2.23. The lowest BCUT2D eigenvalue weighted by molar-refractivity contribution is -0.136. The largest absolute Gasteiger partial charge is 0.466 e. The van der Waals surface area contributed by atoms with Crippen LogP contribution in [0.5, 0.6) is 0 Å². The maximum Gasteiger partial charge on any atom is 0.335 e. The quantitative estimate of drug-likeness (QED) is 0.818. The van der Waals surface area contributed by atoms with Crippen LogP contribution in [0.3, 0.4) is 0 Å². The number of carbonyl (C=O) groups is 1. The van der Waals surface area contributed by atoms with E-state index in [-0.39, 0.29) is 11.9 Å². The van der Waals surface area contributed by atoms with Crippen molar-refractivity contribution in [3.05, 3.63) is 47.3 Å². The van der Waals surface area contributed by atoms with E-state index >= 15 is 0 Å². The number of carbonyl (C=O) groups excluding carboxylic acids is 1. The van der Waals surface area contributed by atoms with Crippen molar-refractivity contribution in [1.29, 1.82) is 0 Å². The second-order valence-electron chi connectivity index (χ2n) is 5.97. The number of esters is 1. The van der Waals surface area contributed by atoms with Crippen molar-refractivity contribution in [2.75, 3.05) is 14.2 Å². The van der Waals surface area contributed by atoms with Gasteiger partial charge in [-0.05, 0) is 30.0 Å². The summed E-state index contributed by atoms with van der Waals surface area (Å²) in [5.41, 5.74) is 4.51. The molecule has 4 heteroatoms. The third-order valence-corrected chi connectivity index (χ3v) is 4.87. The molecule has 0 saturated carbocycles. The third kappa shape index (κ3) is 1.71. The highest BCUT2D eigenvalue weighted by atomic mass is 16.5. The summed E-state index contributed by atoms with van der Waals surface area (Å²) in [7, 11) is 3.50. The van der Waals surface area contributed by atoms with Crippen molar-refractivity contribution in [1.82, 2.24) is 9.88 Å². The number of aromatic amines is 1. The van der Waals surface area contributed by atoms with E-state index in [1.54, 1.807) is 0 Å². The van der Waals surface area contributed by atoms with Gasteiger partial charge in [-0.25, -0.2) is 4.79 Å². The molecule has 1 aliphatic heterocycles. The number of ether oxygens (including phenoxy) is 1. The summed E-state index contributed by atoms with van der Waals surface area (Å²) < 4.78 is 4.99. The number of hydrogen-bond acceptors (Lipinski definition) is 3. The molecule has 21 heavy (non-hydrogen) atoms. The molecule has 0 spiro atoms. The summed E-state index contributed by atoms with van der Waals surface area (Å²) in [6.45, 7) is 0. The number of hydrogen-bond donors (Lipinski definition) is 1. The summed E-state index contributed by atoms with van der Waals surface area (Å²) in [6.07, 6.45) is 6.06. The second-order valence-corrected chi connectivity index (χ2v) is 5.97. The smallest absolute Gasteiger partial charge is 0.335 e. The highest BCUT2D eigenvalue weighted by Crippen LogP contribution is 2.43. The van der Waals surface area contributed by atoms with E-state index in [9.17, 15) is 4.79 Å². The van der Waals surface area contributed by atoms with Crippen molar-refractivity contribution >= 4 is 16.9 Å². The molecular formula is C17H18N2O2. The predicted octanol–water partition coefficient (Wildman–Crippen LogP) is 2.57. The standard InChI is InChI=1S/C17H18N2O2/c1-19-9-14(17(20)21-2)13-7-11(19)6-10-8-18-15-5-3-4-12(13)16(10)15/h3-5,8-9,11,13,18H,6-7H2,1-2H3. The number of benzene rings is 1. The van der Waals surface area contributed by atoms with E-state index in [1.165, 1.54) is 23.6 Å². The van der Waals surface area contributed by atoms with Gasteiger partial charge in [0.15, 0.2) is 0 Å². The van der Waals surface area contributed by atoms with E-state index < -0.39 is 0 Å². The van der Waals surface area contributed by atoms with Crippen LogP contribution >= 0.6 is 0 Å². The van der Waals surface area contributed by atoms with Crippen LogP contribution in [0.4, 0.5) is 0 Å². The van der Waals surface area contributed by atoms with Gasteiger partial charge < -0.3 is 14.6 Å². The molecule has 4 nitrogen and oxygen atoms in total. The average molecular weight is 282 g/mol. The first kappa shape index (κ1) is 12.5. The summed E-state index contributed by atoms with van der Waals surface area (Å²) >= 11 is 0. The van der Waals surface area contributed by atoms with Gasteiger partial charge in [0, 0.05) is 42.3 Å². The fraction of sp³-hybridized carbons (Fsp3) is 0.353. The highest BCUT2D eigenvalue weighted by Gasteiger charge is 2.36. The Morgan fingerprint density at radius 3 is 3.10 bits per heavy atom. The fourth-order valence-electron chi connectivity index (χ4n) is 3.81. The van der Waals surface area contributed by atoms with Gasteiger partial charge in [0.1, 0.15) is 0 Å². The zero-order chi connectivity index (χ0) is 14.6. The molecule has 2 unspecified atom stereocenters. The molecule has 0 radical (unpaired) electrons. The molecule has 0 saturated heterocycles. The molecule has 1 N–H and O–H groups in total. The van der Waals surface area contributed by atoms with Gasteiger partial charge in [0.25, 0.3) is 0 Å². The lowest BCUT2D eigenvalue weighted by atomic mass is 9.83. The molecule has 4 rings (SSSR count). The molecule has 1 aliphatic carbocycles. The summed E-state index contributed by atoms with van der Waals surface area (Å²) in [5.74, 6) is -0.0966. The minimum Gasteiger partial charge on any atom is -0.466 e. The maximum atomic E-state index is 12.2. The minimum atomic E-state index is -0.221. The molecule has 108 valence electrons. The average Bonchev–Trinajstić information content (AvgIpc) is 2.84. The van der Waals surface area contributed by atoms with Crippen molar-refractivity contribution in [3.8, 4) is 0 Å². The topological polar surface area (TPSA) is 45.3 Å². The number of likely N-dealkylation sites (N-methyl/N-ethyl adjacent to an activating group) is 1. The van der Waals surface area contributed by atoms with Crippen LogP contribution in [0.15, 0.2) is 36.2 Å². The van der Waals surface area contributed by atoms with Gasteiger partial charge >= 0.3 is 5.97 Å². The molecule has 1 aromatic carbocycles. The molecule has 2 aromatic rings. The van der Waals surface area contributed by atoms with E-state index in [2.05, 4.69) is 34.3 Å². The van der Waals surface area contributed by atoms with Gasteiger partial charge in [-0.15, -0.1) is 0 Å². The normalized spacial score (nSPS) is 23.7. The van der Waals surface area contributed by atoms with Gasteiger partial charge in [-0.1, -0.05) is 12.1 Å². The van der Waals surface area contributed by atoms with Gasteiger partial charge in [0.05, 0.1) is 12.7 Å². The predicted molar refractivity (Wildman–Crippen MR) is 81.0 cm³/mol. The summed E-state index contributed by atoms with van der Waals surface area (Å²) in [5, 5.41) is 1.29. The Kier molecular flexibility index (Phi) is 2.61. The molecule has 0 fully saturated rings. The number of rotatable bonds is 1. The van der Waals surface area contributed by atoms with Gasteiger partial charge in [0.2, 0.25) is 0 Å². The first-order valence-electron chi connectivity index (χ1n) is 7.30. The molecule has 0 amide bonds. The first-order chi connectivity index (χ1) is 10.2. The van der Waals surface area contributed by atoms with E-state index in [1.807, 2.05) is 13.2 Å². The lowest BCUT2D eigenvalue weighted by Gasteiger charge is -2.35. The summed E-state index contributed by atoms with van der Waals surface area (Å²) in [6, 6.07) is 6.73. The van der Waals surface area contributed by atoms with Crippen LogP contribution < -0.4 is 0 Å². The van der Waals surface area contributed by atoms with Gasteiger partial charge in [-0.2, -0.15) is 0 Å². The molecule has 1 aromatic heterocycles. The Balaban J connectivity index is 1.97. The molecular weight excluding hydrogens is 264 g/mol. The Morgan fingerprint density at radius 1 is 1.43 bits per heavy atom. The minimum absolute atomic E-state index is 0.124. The molecule has 2 atom stereocenters. The van der Waals surface area contributed by atoms with Crippen LogP contribution in [0, 0.1) is 0 Å². The van der Waals surface area contributed by atoms with E-state index in [0.717, 1.165) is 23.9 Å². The van der Waals surface area contributed by atoms with Crippen molar-refractivity contribution in [2.24, 2.45) is 0 Å². The first-order valence-corrected chi connectivity index (χ1v) is 7.30.